The smallest absolute Gasteiger partial charge is 0.294 e. The lowest BCUT2D eigenvalue weighted by atomic mass is 10.3. The van der Waals surface area contributed by atoms with E-state index in [1.54, 1.807) is 24.3 Å². The zero-order chi connectivity index (χ0) is 17.0. The van der Waals surface area contributed by atoms with Crippen LogP contribution in [0.1, 0.15) is 0 Å². The van der Waals surface area contributed by atoms with E-state index in [1.807, 2.05) is 30.3 Å². The van der Waals surface area contributed by atoms with Crippen LogP contribution in [0.3, 0.4) is 0 Å². The maximum absolute atomic E-state index is 11.0. The van der Waals surface area contributed by atoms with Crippen molar-refractivity contribution in [2.45, 2.75) is 4.90 Å². The predicted octanol–water partition coefficient (Wildman–Crippen LogP) is 4.52. The fraction of sp³-hybridized carbons (Fsp3) is 0. The summed E-state index contributed by atoms with van der Waals surface area (Å²) in [6.07, 6.45) is 0. The average Bonchev–Trinajstić information content (AvgIpc) is 2.57. The predicted molar refractivity (Wildman–Crippen MR) is 89.3 cm³/mol. The van der Waals surface area contributed by atoms with Gasteiger partial charge in [-0.25, -0.2) is 0 Å². The third-order valence-corrected chi connectivity index (χ3v) is 4.03. The zero-order valence-corrected chi connectivity index (χ0v) is 13.3. The second-order valence-electron chi connectivity index (χ2n) is 4.94. The minimum Gasteiger partial charge on any atom is -0.457 e. The molecule has 0 saturated carbocycles. The van der Waals surface area contributed by atoms with Crippen molar-refractivity contribution in [3.63, 3.8) is 0 Å². The summed E-state index contributed by atoms with van der Waals surface area (Å²) in [7, 11) is -4.20. The molecule has 0 atom stereocenters. The first-order valence-corrected chi connectivity index (χ1v) is 8.53. The second kappa shape index (κ2) is 6.74. The first-order chi connectivity index (χ1) is 11.5. The Kier molecular flexibility index (Phi) is 4.50. The lowest BCUT2D eigenvalue weighted by Crippen LogP contribution is -1.97. The molecule has 5 nitrogen and oxygen atoms in total. The molecule has 0 aliphatic rings. The normalized spacial score (nSPS) is 11.0. The molecular weight excluding hydrogens is 328 g/mol. The van der Waals surface area contributed by atoms with Gasteiger partial charge in [0.25, 0.3) is 10.1 Å². The highest BCUT2D eigenvalue weighted by molar-refractivity contribution is 7.85. The Labute approximate surface area is 139 Å². The van der Waals surface area contributed by atoms with Crippen molar-refractivity contribution in [2.75, 3.05) is 0 Å². The van der Waals surface area contributed by atoms with Gasteiger partial charge in [0.2, 0.25) is 0 Å². The quantitative estimate of drug-likeness (QED) is 0.690. The van der Waals surface area contributed by atoms with Crippen molar-refractivity contribution < 1.29 is 22.4 Å². The zero-order valence-electron chi connectivity index (χ0n) is 12.5. The van der Waals surface area contributed by atoms with Gasteiger partial charge in [-0.3, -0.25) is 4.55 Å². The standard InChI is InChI=1S/C18H14O5S/c19-24(20,21)18-12-10-17(11-13-18)23-16-8-6-15(7-9-16)22-14-4-2-1-3-5-14/h1-13H,(H,19,20,21). The SMILES string of the molecule is O=S(=O)(O)c1ccc(Oc2ccc(Oc3ccccc3)cc2)cc1. The summed E-state index contributed by atoms with van der Waals surface area (Å²) in [5, 5.41) is 0. The van der Waals surface area contributed by atoms with Crippen LogP contribution in [0.4, 0.5) is 0 Å². The average molecular weight is 342 g/mol. The molecule has 0 amide bonds. The molecule has 0 aliphatic carbocycles. The molecule has 0 aromatic heterocycles. The van der Waals surface area contributed by atoms with E-state index in [4.69, 9.17) is 14.0 Å². The topological polar surface area (TPSA) is 72.8 Å². The molecule has 3 aromatic carbocycles. The molecule has 24 heavy (non-hydrogen) atoms. The lowest BCUT2D eigenvalue weighted by Gasteiger charge is -2.08. The summed E-state index contributed by atoms with van der Waals surface area (Å²) in [5.41, 5.74) is 0. The van der Waals surface area contributed by atoms with E-state index in [2.05, 4.69) is 0 Å². The Morgan fingerprint density at radius 1 is 0.583 bits per heavy atom. The highest BCUT2D eigenvalue weighted by Crippen LogP contribution is 2.27. The fourth-order valence-corrected chi connectivity index (χ4v) is 2.50. The molecule has 0 bridgehead atoms. The van der Waals surface area contributed by atoms with Gasteiger partial charge < -0.3 is 9.47 Å². The molecule has 0 unspecified atom stereocenters. The van der Waals surface area contributed by atoms with Gasteiger partial charge in [-0.2, -0.15) is 8.42 Å². The molecule has 0 spiro atoms. The molecule has 122 valence electrons. The largest absolute Gasteiger partial charge is 0.457 e. The molecule has 6 heteroatoms. The van der Waals surface area contributed by atoms with Crippen molar-refractivity contribution >= 4 is 10.1 Å². The van der Waals surface area contributed by atoms with Crippen molar-refractivity contribution in [1.82, 2.24) is 0 Å². The second-order valence-corrected chi connectivity index (χ2v) is 6.36. The van der Waals surface area contributed by atoms with Gasteiger partial charge in [0.15, 0.2) is 0 Å². The van der Waals surface area contributed by atoms with Gasteiger partial charge in [0, 0.05) is 0 Å². The molecule has 0 aliphatic heterocycles. The molecule has 0 radical (unpaired) electrons. The summed E-state index contributed by atoms with van der Waals surface area (Å²) >= 11 is 0. The Hall–Kier alpha value is -2.83. The summed E-state index contributed by atoms with van der Waals surface area (Å²) < 4.78 is 42.2. The minimum absolute atomic E-state index is 0.179. The van der Waals surface area contributed by atoms with E-state index in [-0.39, 0.29) is 4.90 Å². The number of benzene rings is 3. The third-order valence-electron chi connectivity index (χ3n) is 3.16. The van der Waals surface area contributed by atoms with Crippen LogP contribution in [0.15, 0.2) is 83.8 Å². The molecule has 1 N–H and O–H groups in total. The van der Waals surface area contributed by atoms with E-state index in [0.29, 0.717) is 17.2 Å². The first kappa shape index (κ1) is 16.0. The summed E-state index contributed by atoms with van der Waals surface area (Å²) in [5.74, 6) is 2.45. The van der Waals surface area contributed by atoms with Crippen molar-refractivity contribution in [1.29, 1.82) is 0 Å². The minimum atomic E-state index is -4.20. The van der Waals surface area contributed by atoms with Crippen LogP contribution in [0.25, 0.3) is 0 Å². The van der Waals surface area contributed by atoms with Crippen molar-refractivity contribution in [3.05, 3.63) is 78.9 Å². The molecule has 0 saturated heterocycles. The monoisotopic (exact) mass is 342 g/mol. The van der Waals surface area contributed by atoms with E-state index in [9.17, 15) is 8.42 Å². The van der Waals surface area contributed by atoms with Gasteiger partial charge in [0.05, 0.1) is 4.90 Å². The summed E-state index contributed by atoms with van der Waals surface area (Å²) in [4.78, 5) is -0.179. The molecule has 0 heterocycles. The van der Waals surface area contributed by atoms with Crippen LogP contribution < -0.4 is 9.47 Å². The molecule has 3 rings (SSSR count). The summed E-state index contributed by atoms with van der Waals surface area (Å²) in [6.45, 7) is 0. The highest BCUT2D eigenvalue weighted by atomic mass is 32.2. The maximum atomic E-state index is 11.0. The Morgan fingerprint density at radius 3 is 1.38 bits per heavy atom. The molecule has 3 aromatic rings. The van der Waals surface area contributed by atoms with Gasteiger partial charge in [-0.15, -0.1) is 0 Å². The van der Waals surface area contributed by atoms with E-state index < -0.39 is 10.1 Å². The van der Waals surface area contributed by atoms with Crippen LogP contribution in [-0.2, 0) is 10.1 Å². The van der Waals surface area contributed by atoms with Gasteiger partial charge in [-0.05, 0) is 60.7 Å². The van der Waals surface area contributed by atoms with Crippen molar-refractivity contribution in [3.8, 4) is 23.0 Å². The van der Waals surface area contributed by atoms with Crippen LogP contribution in [-0.4, -0.2) is 13.0 Å². The fourth-order valence-electron chi connectivity index (χ4n) is 2.02. The van der Waals surface area contributed by atoms with E-state index >= 15 is 0 Å². The lowest BCUT2D eigenvalue weighted by molar-refractivity contribution is 0.468. The third kappa shape index (κ3) is 4.13. The number of ether oxygens (including phenoxy) is 2. The number of hydrogen-bond acceptors (Lipinski definition) is 4. The van der Waals surface area contributed by atoms with E-state index in [0.717, 1.165) is 5.75 Å². The Morgan fingerprint density at radius 2 is 0.958 bits per heavy atom. The summed E-state index contributed by atoms with van der Waals surface area (Å²) in [6, 6.07) is 21.9. The molecule has 0 fully saturated rings. The first-order valence-electron chi connectivity index (χ1n) is 7.09. The van der Waals surface area contributed by atoms with Gasteiger partial charge in [0.1, 0.15) is 23.0 Å². The highest BCUT2D eigenvalue weighted by Gasteiger charge is 2.09. The number of hydrogen-bond donors (Lipinski definition) is 1. The maximum Gasteiger partial charge on any atom is 0.294 e. The van der Waals surface area contributed by atoms with Crippen LogP contribution in [0.2, 0.25) is 0 Å². The van der Waals surface area contributed by atoms with Crippen LogP contribution in [0.5, 0.6) is 23.0 Å². The number of rotatable bonds is 5. The Bertz CT molecular complexity index is 902. The van der Waals surface area contributed by atoms with E-state index in [1.165, 1.54) is 24.3 Å². The van der Waals surface area contributed by atoms with Crippen LogP contribution in [0, 0.1) is 0 Å². The van der Waals surface area contributed by atoms with Crippen LogP contribution >= 0.6 is 0 Å². The van der Waals surface area contributed by atoms with Crippen molar-refractivity contribution in [2.24, 2.45) is 0 Å². The van der Waals surface area contributed by atoms with Gasteiger partial charge >= 0.3 is 0 Å². The molecular formula is C18H14O5S. The van der Waals surface area contributed by atoms with Gasteiger partial charge in [-0.1, -0.05) is 18.2 Å². The number of para-hydroxylation sites is 1. The Balaban J connectivity index is 1.68.